The lowest BCUT2D eigenvalue weighted by atomic mass is 9.97. The minimum atomic E-state index is -0.187. The van der Waals surface area contributed by atoms with Gasteiger partial charge < -0.3 is 5.32 Å². The number of nitrogens with one attached hydrogen (secondary N) is 1. The monoisotopic (exact) mass is 227 g/mol. The van der Waals surface area contributed by atoms with Crippen molar-refractivity contribution in [1.29, 1.82) is 0 Å². The Balaban J connectivity index is 2.01. The summed E-state index contributed by atoms with van der Waals surface area (Å²) < 4.78 is 12.9. The third-order valence-corrected chi connectivity index (χ3v) is 3.22. The van der Waals surface area contributed by atoms with Gasteiger partial charge in [0.1, 0.15) is 5.82 Å². The molecule has 0 spiro atoms. The van der Waals surface area contributed by atoms with Gasteiger partial charge in [0.2, 0.25) is 0 Å². The molecule has 17 heavy (non-hydrogen) atoms. The predicted molar refractivity (Wildman–Crippen MR) is 68.6 cm³/mol. The Morgan fingerprint density at radius 3 is 2.53 bits per heavy atom. The van der Waals surface area contributed by atoms with Gasteiger partial charge in [0.15, 0.2) is 0 Å². The zero-order chi connectivity index (χ0) is 11.7. The van der Waals surface area contributed by atoms with E-state index in [1.807, 2.05) is 12.1 Å². The minimum absolute atomic E-state index is 0.187. The van der Waals surface area contributed by atoms with Crippen LogP contribution in [0.1, 0.15) is 12.0 Å². The first-order chi connectivity index (χ1) is 8.33. The van der Waals surface area contributed by atoms with Gasteiger partial charge in [-0.3, -0.25) is 0 Å². The number of rotatable bonds is 1. The number of fused-ring (bicyclic) bond motifs is 1. The molecule has 0 radical (unpaired) electrons. The van der Waals surface area contributed by atoms with E-state index < -0.39 is 0 Å². The molecule has 1 aliphatic rings. The summed E-state index contributed by atoms with van der Waals surface area (Å²) in [5, 5.41) is 3.39. The molecule has 0 unspecified atom stereocenters. The summed E-state index contributed by atoms with van der Waals surface area (Å²) in [6.07, 6.45) is 2.30. The van der Waals surface area contributed by atoms with Crippen molar-refractivity contribution in [3.8, 4) is 11.1 Å². The Hall–Kier alpha value is -1.83. The zero-order valence-corrected chi connectivity index (χ0v) is 9.54. The summed E-state index contributed by atoms with van der Waals surface area (Å²) in [6.45, 7) is 1.06. The van der Waals surface area contributed by atoms with Crippen LogP contribution >= 0.6 is 0 Å². The Morgan fingerprint density at radius 1 is 0.941 bits per heavy atom. The topological polar surface area (TPSA) is 12.0 Å². The molecule has 0 aliphatic carbocycles. The van der Waals surface area contributed by atoms with Crippen LogP contribution in [0.25, 0.3) is 11.1 Å². The molecule has 0 bridgehead atoms. The standard InChI is InChI=1S/C15H14FN/c16-14-6-3-11(4-7-14)12-5-8-15-13(10-12)2-1-9-17-15/h3-8,10,17H,1-2,9H2. The first-order valence-electron chi connectivity index (χ1n) is 5.96. The van der Waals surface area contributed by atoms with Crippen LogP contribution in [0.2, 0.25) is 0 Å². The first-order valence-corrected chi connectivity index (χ1v) is 5.96. The molecule has 0 aromatic heterocycles. The van der Waals surface area contributed by atoms with Gasteiger partial charge >= 0.3 is 0 Å². The lowest BCUT2D eigenvalue weighted by molar-refractivity contribution is 0.628. The van der Waals surface area contributed by atoms with Crippen LogP contribution in [0.4, 0.5) is 10.1 Å². The van der Waals surface area contributed by atoms with Gasteiger partial charge in [-0.2, -0.15) is 0 Å². The van der Waals surface area contributed by atoms with E-state index >= 15 is 0 Å². The van der Waals surface area contributed by atoms with E-state index in [9.17, 15) is 4.39 Å². The van der Waals surface area contributed by atoms with Crippen molar-refractivity contribution in [1.82, 2.24) is 0 Å². The highest BCUT2D eigenvalue weighted by molar-refractivity contribution is 5.69. The van der Waals surface area contributed by atoms with Crippen molar-refractivity contribution in [3.05, 3.63) is 53.8 Å². The summed E-state index contributed by atoms with van der Waals surface area (Å²) in [4.78, 5) is 0. The smallest absolute Gasteiger partial charge is 0.123 e. The van der Waals surface area contributed by atoms with Crippen LogP contribution in [0.15, 0.2) is 42.5 Å². The Morgan fingerprint density at radius 2 is 1.71 bits per heavy atom. The lowest BCUT2D eigenvalue weighted by Gasteiger charge is -2.18. The van der Waals surface area contributed by atoms with E-state index in [4.69, 9.17) is 0 Å². The summed E-state index contributed by atoms with van der Waals surface area (Å²) in [7, 11) is 0. The highest BCUT2D eigenvalue weighted by Crippen LogP contribution is 2.28. The molecule has 2 aromatic carbocycles. The number of benzene rings is 2. The maximum Gasteiger partial charge on any atom is 0.123 e. The third-order valence-electron chi connectivity index (χ3n) is 3.22. The van der Waals surface area contributed by atoms with Gasteiger partial charge in [-0.25, -0.2) is 4.39 Å². The van der Waals surface area contributed by atoms with Gasteiger partial charge in [0, 0.05) is 12.2 Å². The molecule has 1 N–H and O–H groups in total. The average Bonchev–Trinajstić information content (AvgIpc) is 2.39. The molecule has 0 saturated carbocycles. The largest absolute Gasteiger partial charge is 0.385 e. The number of hydrogen-bond acceptors (Lipinski definition) is 1. The summed E-state index contributed by atoms with van der Waals surface area (Å²) in [5.41, 5.74) is 4.83. The minimum Gasteiger partial charge on any atom is -0.385 e. The second kappa shape index (κ2) is 4.21. The molecule has 1 heterocycles. The Labute approximate surface area is 100 Å². The second-order valence-corrected chi connectivity index (χ2v) is 4.41. The van der Waals surface area contributed by atoms with Crippen LogP contribution in [0.3, 0.4) is 0 Å². The van der Waals surface area contributed by atoms with Crippen molar-refractivity contribution < 1.29 is 4.39 Å². The fraction of sp³-hybridized carbons (Fsp3) is 0.200. The van der Waals surface area contributed by atoms with Crippen LogP contribution in [0.5, 0.6) is 0 Å². The summed E-state index contributed by atoms with van der Waals surface area (Å²) in [5.74, 6) is -0.187. The van der Waals surface area contributed by atoms with Crippen LogP contribution in [0, 0.1) is 5.82 Å². The van der Waals surface area contributed by atoms with Gasteiger partial charge in [-0.15, -0.1) is 0 Å². The van der Waals surface area contributed by atoms with Crippen LogP contribution in [-0.2, 0) is 6.42 Å². The van der Waals surface area contributed by atoms with Crippen molar-refractivity contribution in [2.45, 2.75) is 12.8 Å². The fourth-order valence-electron chi connectivity index (χ4n) is 2.30. The number of aryl methyl sites for hydroxylation is 1. The maximum atomic E-state index is 12.9. The molecular weight excluding hydrogens is 213 g/mol. The van der Waals surface area contributed by atoms with E-state index in [0.717, 1.165) is 24.1 Å². The number of anilines is 1. The predicted octanol–water partition coefficient (Wildman–Crippen LogP) is 3.85. The maximum absolute atomic E-state index is 12.9. The van der Waals surface area contributed by atoms with Crippen molar-refractivity contribution >= 4 is 5.69 Å². The van der Waals surface area contributed by atoms with Gasteiger partial charge in [0.05, 0.1) is 0 Å². The highest BCUT2D eigenvalue weighted by atomic mass is 19.1. The first kappa shape index (κ1) is 10.3. The normalized spacial score (nSPS) is 13.9. The van der Waals surface area contributed by atoms with E-state index in [1.54, 1.807) is 0 Å². The van der Waals surface area contributed by atoms with Crippen LogP contribution in [-0.4, -0.2) is 6.54 Å². The van der Waals surface area contributed by atoms with E-state index in [0.29, 0.717) is 0 Å². The molecule has 0 amide bonds. The zero-order valence-electron chi connectivity index (χ0n) is 9.54. The molecule has 1 nitrogen and oxygen atoms in total. The SMILES string of the molecule is Fc1ccc(-c2ccc3c(c2)CCCN3)cc1. The molecule has 1 aliphatic heterocycles. The quantitative estimate of drug-likeness (QED) is 0.780. The lowest BCUT2D eigenvalue weighted by Crippen LogP contribution is -2.11. The van der Waals surface area contributed by atoms with E-state index in [-0.39, 0.29) is 5.82 Å². The number of hydrogen-bond donors (Lipinski definition) is 1. The summed E-state index contributed by atoms with van der Waals surface area (Å²) >= 11 is 0. The highest BCUT2D eigenvalue weighted by Gasteiger charge is 2.09. The van der Waals surface area contributed by atoms with Crippen LogP contribution < -0.4 is 5.32 Å². The van der Waals surface area contributed by atoms with Gasteiger partial charge in [0.25, 0.3) is 0 Å². The van der Waals surface area contributed by atoms with Gasteiger partial charge in [-0.1, -0.05) is 18.2 Å². The number of halogens is 1. The average molecular weight is 227 g/mol. The fourth-order valence-corrected chi connectivity index (χ4v) is 2.30. The Bertz CT molecular complexity index is 531. The van der Waals surface area contributed by atoms with E-state index in [2.05, 4.69) is 23.5 Å². The molecule has 0 fully saturated rings. The molecule has 86 valence electrons. The van der Waals surface area contributed by atoms with Crippen molar-refractivity contribution in [2.24, 2.45) is 0 Å². The van der Waals surface area contributed by atoms with Gasteiger partial charge in [-0.05, 0) is 53.8 Å². The molecule has 2 aromatic rings. The molecule has 2 heteroatoms. The Kier molecular flexibility index (Phi) is 2.56. The molecular formula is C15H14FN. The molecule has 3 rings (SSSR count). The van der Waals surface area contributed by atoms with E-state index in [1.165, 1.54) is 29.8 Å². The second-order valence-electron chi connectivity index (χ2n) is 4.41. The van der Waals surface area contributed by atoms with Crippen molar-refractivity contribution in [3.63, 3.8) is 0 Å². The molecule has 0 saturated heterocycles. The van der Waals surface area contributed by atoms with Crippen molar-refractivity contribution in [2.75, 3.05) is 11.9 Å². The summed E-state index contributed by atoms with van der Waals surface area (Å²) in [6, 6.07) is 13.1. The molecule has 0 atom stereocenters. The third kappa shape index (κ3) is 2.03.